The van der Waals surface area contributed by atoms with Crippen LogP contribution in [0.2, 0.25) is 5.02 Å². The lowest BCUT2D eigenvalue weighted by atomic mass is 9.93. The highest BCUT2D eigenvalue weighted by atomic mass is 35.5. The fourth-order valence-electron chi connectivity index (χ4n) is 4.11. The number of ketones is 1. The first-order chi connectivity index (χ1) is 17.1. The van der Waals surface area contributed by atoms with E-state index in [0.29, 0.717) is 6.42 Å². The summed E-state index contributed by atoms with van der Waals surface area (Å²) in [6.07, 6.45) is 0.110. The molecule has 5 N–H and O–H groups in total. The van der Waals surface area contributed by atoms with Gasteiger partial charge in [0.2, 0.25) is 11.7 Å². The number of nitrogens with one attached hydrogen (secondary N) is 5. The number of carbonyl (C=O) groups is 6. The van der Waals surface area contributed by atoms with Gasteiger partial charge >= 0.3 is 6.09 Å². The van der Waals surface area contributed by atoms with Crippen molar-refractivity contribution in [2.24, 2.45) is 5.92 Å². The third kappa shape index (κ3) is 6.11. The molecule has 5 amide bonds. The van der Waals surface area contributed by atoms with Crippen LogP contribution in [0.4, 0.5) is 10.5 Å². The smallest absolute Gasteiger partial charge is 0.408 e. The number of ether oxygens (including phenoxy) is 1. The molecule has 192 valence electrons. The van der Waals surface area contributed by atoms with E-state index in [1.807, 2.05) is 6.92 Å². The fraction of sp³-hybridized carbons (Fsp3) is 0.478. The Hall–Kier alpha value is -3.67. The van der Waals surface area contributed by atoms with E-state index in [1.54, 1.807) is 0 Å². The van der Waals surface area contributed by atoms with Gasteiger partial charge in [-0.05, 0) is 50.8 Å². The Kier molecular flexibility index (Phi) is 7.43. The number of cyclic esters (lactones) is 1. The number of rotatable bonds is 9. The van der Waals surface area contributed by atoms with Crippen molar-refractivity contribution in [3.63, 3.8) is 0 Å². The molecule has 2 aliphatic heterocycles. The Morgan fingerprint density at radius 1 is 1.19 bits per heavy atom. The second-order valence-corrected chi connectivity index (χ2v) is 9.61. The molecule has 2 saturated heterocycles. The van der Waals surface area contributed by atoms with Crippen molar-refractivity contribution in [3.8, 4) is 0 Å². The van der Waals surface area contributed by atoms with Gasteiger partial charge < -0.3 is 31.3 Å². The molecule has 1 aromatic rings. The average Bonchev–Trinajstić information content (AvgIpc) is 3.44. The van der Waals surface area contributed by atoms with Crippen molar-refractivity contribution < 1.29 is 33.5 Å². The van der Waals surface area contributed by atoms with E-state index in [9.17, 15) is 28.8 Å². The highest BCUT2D eigenvalue weighted by Crippen LogP contribution is 2.25. The lowest BCUT2D eigenvalue weighted by Gasteiger charge is -2.21. The van der Waals surface area contributed by atoms with Crippen molar-refractivity contribution in [1.29, 1.82) is 0 Å². The van der Waals surface area contributed by atoms with Gasteiger partial charge in [-0.3, -0.25) is 24.0 Å². The number of carbonyl (C=O) groups excluding carboxylic acids is 6. The van der Waals surface area contributed by atoms with Crippen LogP contribution < -0.4 is 26.6 Å². The first-order valence-corrected chi connectivity index (χ1v) is 12.0. The van der Waals surface area contributed by atoms with Crippen molar-refractivity contribution >= 4 is 52.8 Å². The van der Waals surface area contributed by atoms with Crippen LogP contribution in [-0.2, 0) is 23.9 Å². The van der Waals surface area contributed by atoms with Crippen LogP contribution in [-0.4, -0.2) is 66.3 Å². The van der Waals surface area contributed by atoms with E-state index in [1.165, 1.54) is 18.2 Å². The third-order valence-corrected chi connectivity index (χ3v) is 6.37. The van der Waals surface area contributed by atoms with Crippen LogP contribution in [0.25, 0.3) is 0 Å². The molecule has 3 aliphatic rings. The van der Waals surface area contributed by atoms with Crippen LogP contribution in [0.15, 0.2) is 18.2 Å². The van der Waals surface area contributed by atoms with Gasteiger partial charge in [-0.2, -0.15) is 0 Å². The molecule has 0 spiro atoms. The van der Waals surface area contributed by atoms with Gasteiger partial charge in [0.1, 0.15) is 0 Å². The normalized spacial score (nSPS) is 23.7. The largest absolute Gasteiger partial charge is 0.434 e. The van der Waals surface area contributed by atoms with Crippen LogP contribution in [0, 0.1) is 5.92 Å². The number of alkyl carbamates (subject to hydrolysis) is 1. The summed E-state index contributed by atoms with van der Waals surface area (Å²) >= 11 is 6.07. The van der Waals surface area contributed by atoms with Gasteiger partial charge in [0.05, 0.1) is 23.8 Å². The molecule has 36 heavy (non-hydrogen) atoms. The second-order valence-electron chi connectivity index (χ2n) is 9.17. The van der Waals surface area contributed by atoms with Crippen LogP contribution in [0.5, 0.6) is 0 Å². The molecule has 0 aromatic heterocycles. The van der Waals surface area contributed by atoms with E-state index in [2.05, 4.69) is 26.6 Å². The Bertz CT molecular complexity index is 1120. The van der Waals surface area contributed by atoms with Gasteiger partial charge in [0.15, 0.2) is 6.10 Å². The van der Waals surface area contributed by atoms with Gasteiger partial charge in [0.25, 0.3) is 17.7 Å². The van der Waals surface area contributed by atoms with Crippen molar-refractivity contribution in [3.05, 3.63) is 28.8 Å². The third-order valence-electron chi connectivity index (χ3n) is 6.13. The number of hydrogen-bond acceptors (Lipinski definition) is 7. The number of hydrogen-bond donors (Lipinski definition) is 5. The molecular formula is C23H26ClN5O7. The number of benzene rings is 1. The molecule has 0 radical (unpaired) electrons. The number of anilines is 1. The summed E-state index contributed by atoms with van der Waals surface area (Å²) < 4.78 is 4.86. The first kappa shape index (κ1) is 25.4. The summed E-state index contributed by atoms with van der Waals surface area (Å²) in [5.41, 5.74) is -0.0107. The summed E-state index contributed by atoms with van der Waals surface area (Å²) in [5, 5.41) is 13.0. The Balaban J connectivity index is 1.52. The van der Waals surface area contributed by atoms with E-state index < -0.39 is 47.7 Å². The molecular weight excluding hydrogens is 494 g/mol. The maximum atomic E-state index is 13.3. The van der Waals surface area contributed by atoms with Crippen molar-refractivity contribution in [1.82, 2.24) is 21.3 Å². The predicted octanol–water partition coefficient (Wildman–Crippen LogP) is 0.248. The number of Topliss-reactive ketones (excluding diaryl/α,β-unsaturated/α-hetero) is 1. The van der Waals surface area contributed by atoms with E-state index in [4.69, 9.17) is 16.3 Å². The highest BCUT2D eigenvalue weighted by molar-refractivity contribution is 6.38. The average molecular weight is 520 g/mol. The zero-order valence-electron chi connectivity index (χ0n) is 19.4. The lowest BCUT2D eigenvalue weighted by molar-refractivity contribution is -0.139. The molecule has 13 heteroatoms. The minimum Gasteiger partial charge on any atom is -0.434 e. The van der Waals surface area contributed by atoms with Crippen molar-refractivity contribution in [2.75, 3.05) is 11.9 Å². The topological polar surface area (TPSA) is 172 Å². The first-order valence-electron chi connectivity index (χ1n) is 11.6. The van der Waals surface area contributed by atoms with Crippen LogP contribution in [0.1, 0.15) is 43.0 Å². The quantitative estimate of drug-likeness (QED) is 0.291. The molecule has 1 aliphatic carbocycles. The Morgan fingerprint density at radius 2 is 1.94 bits per heavy atom. The fourth-order valence-corrected chi connectivity index (χ4v) is 4.28. The van der Waals surface area contributed by atoms with E-state index in [-0.39, 0.29) is 47.2 Å². The SMILES string of the molecule is C[C@@H]1C[C@@H](C[C@H](NC(=O)c2cc(Cl)ccc2NC(=O)C2CNC(=O)O2)C(=O)C(=O)NC2CC2)C(=O)N1. The molecule has 4 atom stereocenters. The molecule has 1 aromatic carbocycles. The summed E-state index contributed by atoms with van der Waals surface area (Å²) in [7, 11) is 0. The van der Waals surface area contributed by atoms with Gasteiger partial charge in [-0.25, -0.2) is 4.79 Å². The summed E-state index contributed by atoms with van der Waals surface area (Å²) in [6.45, 7) is 1.79. The molecule has 4 rings (SSSR count). The highest BCUT2D eigenvalue weighted by Gasteiger charge is 2.38. The second kappa shape index (κ2) is 10.5. The summed E-state index contributed by atoms with van der Waals surface area (Å²) in [5.74, 6) is -3.96. The lowest BCUT2D eigenvalue weighted by Crippen LogP contribution is -2.49. The van der Waals surface area contributed by atoms with Gasteiger partial charge in [-0.1, -0.05) is 11.6 Å². The van der Waals surface area contributed by atoms with Crippen molar-refractivity contribution in [2.45, 2.75) is 56.8 Å². The molecule has 12 nitrogen and oxygen atoms in total. The Morgan fingerprint density at radius 3 is 2.56 bits per heavy atom. The molecule has 3 fully saturated rings. The maximum Gasteiger partial charge on any atom is 0.408 e. The molecule has 2 heterocycles. The minimum atomic E-state index is -1.28. The van der Waals surface area contributed by atoms with Gasteiger partial charge in [0, 0.05) is 23.0 Å². The molecule has 0 bridgehead atoms. The molecule has 1 saturated carbocycles. The molecule has 1 unspecified atom stereocenters. The predicted molar refractivity (Wildman–Crippen MR) is 126 cm³/mol. The van der Waals surface area contributed by atoms with Gasteiger partial charge in [-0.15, -0.1) is 0 Å². The number of halogens is 1. The minimum absolute atomic E-state index is 0.0334. The number of amides is 5. The van der Waals surface area contributed by atoms with Crippen LogP contribution >= 0.6 is 11.6 Å². The summed E-state index contributed by atoms with van der Waals surface area (Å²) in [4.78, 5) is 74.7. The maximum absolute atomic E-state index is 13.3. The standard InChI is InChI=1S/C23H26ClN5O7/c1-10-6-11(19(31)26-10)7-16(18(30)22(34)27-13-3-4-13)29-20(32)14-8-12(24)2-5-15(14)28-21(33)17-9-25-23(35)36-17/h2,5,8,10-11,13,16-17H,3-4,6-7,9H2,1H3,(H,25,35)(H,26,31)(H,27,34)(H,28,33)(H,29,32)/t10-,11+,16+,17?/m1/s1. The van der Waals surface area contributed by atoms with E-state index >= 15 is 0 Å². The monoisotopic (exact) mass is 519 g/mol. The Labute approximate surface area is 211 Å². The van der Waals surface area contributed by atoms with E-state index in [0.717, 1.165) is 12.8 Å². The van der Waals surface area contributed by atoms with Crippen LogP contribution in [0.3, 0.4) is 0 Å². The zero-order chi connectivity index (χ0) is 26.0. The summed E-state index contributed by atoms with van der Waals surface area (Å²) in [6, 6.07) is 2.69. The zero-order valence-corrected chi connectivity index (χ0v) is 20.1.